The molecule has 1 aliphatic rings. The highest BCUT2D eigenvalue weighted by Crippen LogP contribution is 2.31. The van der Waals surface area contributed by atoms with Crippen molar-refractivity contribution in [3.8, 4) is 0 Å². The Balaban J connectivity index is 1.87. The van der Waals surface area contributed by atoms with Crippen molar-refractivity contribution in [1.82, 2.24) is 4.90 Å². The average molecular weight is 401 g/mol. The molecule has 0 atom stereocenters. The van der Waals surface area contributed by atoms with Crippen LogP contribution in [0, 0.1) is 24.5 Å². The fourth-order valence-corrected chi connectivity index (χ4v) is 3.28. The molecule has 1 saturated heterocycles. The molecular weight excluding hydrogens is 376 g/mol. The molecule has 3 amide bonds. The van der Waals surface area contributed by atoms with Crippen LogP contribution in [0.15, 0.2) is 36.4 Å². The maximum Gasteiger partial charge on any atom is 0.324 e. The zero-order valence-electron chi connectivity index (χ0n) is 16.8. The van der Waals surface area contributed by atoms with Gasteiger partial charge in [-0.3, -0.25) is 9.69 Å². The molecule has 2 aromatic carbocycles. The standard InChI is InChI=1S/C22H25F2N3O2/c1-14(2)21(28)25-19-11-15(3)5-8-20(19)27-10-4-9-26(22(27)29)13-16-12-17(23)6-7-18(16)24/h5-8,11-12,14H,4,9-10,13H2,1-3H3,(H,25,28). The summed E-state index contributed by atoms with van der Waals surface area (Å²) in [5.41, 5.74) is 2.25. The molecule has 2 aromatic rings. The van der Waals surface area contributed by atoms with Crippen molar-refractivity contribution in [1.29, 1.82) is 0 Å². The van der Waals surface area contributed by atoms with E-state index in [9.17, 15) is 18.4 Å². The fraction of sp³-hybridized carbons (Fsp3) is 0.364. The molecule has 3 rings (SSSR count). The first-order valence-corrected chi connectivity index (χ1v) is 9.68. The summed E-state index contributed by atoms with van der Waals surface area (Å²) in [5.74, 6) is -1.43. The van der Waals surface area contributed by atoms with Gasteiger partial charge in [0, 0.05) is 24.6 Å². The van der Waals surface area contributed by atoms with Crippen LogP contribution < -0.4 is 10.2 Å². The van der Waals surface area contributed by atoms with E-state index >= 15 is 0 Å². The number of nitrogens with one attached hydrogen (secondary N) is 1. The molecule has 154 valence electrons. The van der Waals surface area contributed by atoms with Crippen LogP contribution in [-0.4, -0.2) is 29.9 Å². The monoisotopic (exact) mass is 401 g/mol. The highest BCUT2D eigenvalue weighted by molar-refractivity contribution is 6.01. The van der Waals surface area contributed by atoms with Crippen LogP contribution in [-0.2, 0) is 11.3 Å². The van der Waals surface area contributed by atoms with Gasteiger partial charge in [-0.05, 0) is 49.2 Å². The molecule has 0 aliphatic carbocycles. The largest absolute Gasteiger partial charge is 0.324 e. The fourth-order valence-electron chi connectivity index (χ4n) is 3.28. The minimum atomic E-state index is -0.545. The van der Waals surface area contributed by atoms with Crippen molar-refractivity contribution in [2.75, 3.05) is 23.3 Å². The minimum absolute atomic E-state index is 0.0154. The summed E-state index contributed by atoms with van der Waals surface area (Å²) in [4.78, 5) is 28.4. The topological polar surface area (TPSA) is 52.6 Å². The number of carbonyl (C=O) groups is 2. The van der Waals surface area contributed by atoms with Crippen LogP contribution in [0.2, 0.25) is 0 Å². The molecule has 0 radical (unpaired) electrons. The number of benzene rings is 2. The lowest BCUT2D eigenvalue weighted by Gasteiger charge is -2.36. The van der Waals surface area contributed by atoms with Gasteiger partial charge in [-0.1, -0.05) is 19.9 Å². The Kier molecular flexibility index (Phi) is 6.15. The number of hydrogen-bond donors (Lipinski definition) is 1. The van der Waals surface area contributed by atoms with E-state index in [2.05, 4.69) is 5.32 Å². The Bertz CT molecular complexity index is 930. The number of halogens is 2. The zero-order chi connectivity index (χ0) is 21.1. The van der Waals surface area contributed by atoms with E-state index in [0.717, 1.165) is 23.8 Å². The van der Waals surface area contributed by atoms with Crippen molar-refractivity contribution in [3.63, 3.8) is 0 Å². The first-order valence-electron chi connectivity index (χ1n) is 9.68. The number of rotatable bonds is 5. The van der Waals surface area contributed by atoms with E-state index < -0.39 is 11.6 Å². The number of amides is 3. The van der Waals surface area contributed by atoms with Gasteiger partial charge >= 0.3 is 6.03 Å². The molecule has 1 fully saturated rings. The van der Waals surface area contributed by atoms with Gasteiger partial charge in [0.2, 0.25) is 5.91 Å². The average Bonchev–Trinajstić information content (AvgIpc) is 2.67. The van der Waals surface area contributed by atoms with Gasteiger partial charge in [-0.2, -0.15) is 0 Å². The van der Waals surface area contributed by atoms with E-state index in [1.165, 1.54) is 4.90 Å². The molecule has 29 heavy (non-hydrogen) atoms. The van der Waals surface area contributed by atoms with Crippen LogP contribution in [0.5, 0.6) is 0 Å². The van der Waals surface area contributed by atoms with Gasteiger partial charge in [0.1, 0.15) is 11.6 Å². The van der Waals surface area contributed by atoms with Gasteiger partial charge < -0.3 is 10.2 Å². The summed E-state index contributed by atoms with van der Waals surface area (Å²) in [6.45, 7) is 6.42. The molecular formula is C22H25F2N3O2. The molecule has 0 aromatic heterocycles. The van der Waals surface area contributed by atoms with Crippen molar-refractivity contribution < 1.29 is 18.4 Å². The maximum atomic E-state index is 14.0. The molecule has 7 heteroatoms. The predicted molar refractivity (Wildman–Crippen MR) is 109 cm³/mol. The third-order valence-electron chi connectivity index (χ3n) is 4.91. The number of anilines is 2. The van der Waals surface area contributed by atoms with Crippen molar-refractivity contribution >= 4 is 23.3 Å². The molecule has 0 bridgehead atoms. The Morgan fingerprint density at radius 3 is 2.62 bits per heavy atom. The first-order chi connectivity index (χ1) is 13.8. The summed E-state index contributed by atoms with van der Waals surface area (Å²) >= 11 is 0. The van der Waals surface area contributed by atoms with Crippen LogP contribution in [0.4, 0.5) is 25.0 Å². The van der Waals surface area contributed by atoms with Gasteiger partial charge in [-0.15, -0.1) is 0 Å². The Morgan fingerprint density at radius 1 is 1.14 bits per heavy atom. The summed E-state index contributed by atoms with van der Waals surface area (Å²) in [5, 5.41) is 2.89. The van der Waals surface area contributed by atoms with Crippen LogP contribution in [0.3, 0.4) is 0 Å². The number of urea groups is 1. The summed E-state index contributed by atoms with van der Waals surface area (Å²) < 4.78 is 27.5. The SMILES string of the molecule is Cc1ccc(N2CCCN(Cc3cc(F)ccc3F)C2=O)c(NC(=O)C(C)C)c1. The number of hydrogen-bond acceptors (Lipinski definition) is 2. The van der Waals surface area contributed by atoms with Gasteiger partial charge in [0.25, 0.3) is 0 Å². The normalized spacial score (nSPS) is 14.5. The lowest BCUT2D eigenvalue weighted by Crippen LogP contribution is -2.49. The molecule has 0 unspecified atom stereocenters. The molecule has 1 N–H and O–H groups in total. The van der Waals surface area contributed by atoms with E-state index in [4.69, 9.17) is 0 Å². The summed E-state index contributed by atoms with van der Waals surface area (Å²) in [7, 11) is 0. The van der Waals surface area contributed by atoms with Crippen LogP contribution >= 0.6 is 0 Å². The van der Waals surface area contributed by atoms with E-state index in [1.807, 2.05) is 19.1 Å². The highest BCUT2D eigenvalue weighted by atomic mass is 19.1. The molecule has 0 saturated carbocycles. The second-order valence-electron chi connectivity index (χ2n) is 7.61. The van der Waals surface area contributed by atoms with Gasteiger partial charge in [0.05, 0.1) is 17.9 Å². The number of nitrogens with zero attached hydrogens (tertiary/aromatic N) is 2. The van der Waals surface area contributed by atoms with Crippen molar-refractivity contribution in [2.24, 2.45) is 5.92 Å². The van der Waals surface area contributed by atoms with Crippen LogP contribution in [0.25, 0.3) is 0 Å². The summed E-state index contributed by atoms with van der Waals surface area (Å²) in [6, 6.07) is 8.43. The number of carbonyl (C=O) groups excluding carboxylic acids is 2. The Hall–Kier alpha value is -2.96. The van der Waals surface area contributed by atoms with Crippen LogP contribution in [0.1, 0.15) is 31.4 Å². The lowest BCUT2D eigenvalue weighted by molar-refractivity contribution is -0.118. The van der Waals surface area contributed by atoms with E-state index in [0.29, 0.717) is 30.9 Å². The molecule has 0 spiro atoms. The second-order valence-corrected chi connectivity index (χ2v) is 7.61. The van der Waals surface area contributed by atoms with Gasteiger partial charge in [0.15, 0.2) is 0 Å². The third kappa shape index (κ3) is 4.72. The first kappa shape index (κ1) is 20.8. The highest BCUT2D eigenvalue weighted by Gasteiger charge is 2.29. The molecule has 5 nitrogen and oxygen atoms in total. The number of aryl methyl sites for hydroxylation is 1. The third-order valence-corrected chi connectivity index (χ3v) is 4.91. The minimum Gasteiger partial charge on any atom is -0.324 e. The smallest absolute Gasteiger partial charge is 0.324 e. The molecule has 1 heterocycles. The Morgan fingerprint density at radius 2 is 1.90 bits per heavy atom. The molecule has 1 aliphatic heterocycles. The lowest BCUT2D eigenvalue weighted by atomic mass is 10.1. The predicted octanol–water partition coefficient (Wildman–Crippen LogP) is 4.70. The Labute approximate surface area is 169 Å². The zero-order valence-corrected chi connectivity index (χ0v) is 16.8. The quantitative estimate of drug-likeness (QED) is 0.790. The maximum absolute atomic E-state index is 14.0. The van der Waals surface area contributed by atoms with Gasteiger partial charge in [-0.25, -0.2) is 13.6 Å². The van der Waals surface area contributed by atoms with E-state index in [-0.39, 0.29) is 30.0 Å². The van der Waals surface area contributed by atoms with E-state index in [1.54, 1.807) is 24.8 Å². The summed E-state index contributed by atoms with van der Waals surface area (Å²) in [6.07, 6.45) is 0.675. The second kappa shape index (κ2) is 8.59. The van der Waals surface area contributed by atoms with Crippen molar-refractivity contribution in [2.45, 2.75) is 33.7 Å². The van der Waals surface area contributed by atoms with Crippen molar-refractivity contribution in [3.05, 3.63) is 59.2 Å².